The fraction of sp³-hybridized carbons (Fsp3) is 0.231. The Kier molecular flexibility index (Phi) is 3.74. The summed E-state index contributed by atoms with van der Waals surface area (Å²) in [5, 5.41) is 9.78. The zero-order valence-corrected chi connectivity index (χ0v) is 9.92. The summed E-state index contributed by atoms with van der Waals surface area (Å²) in [6.07, 6.45) is 1.64. The Labute approximate surface area is 104 Å². The minimum absolute atomic E-state index is 0.183. The molecule has 1 aromatic carbocycles. The van der Waals surface area contributed by atoms with E-state index in [9.17, 15) is 4.79 Å². The van der Waals surface area contributed by atoms with Gasteiger partial charge in [-0.05, 0) is 18.2 Å². The fourth-order valence-corrected chi connectivity index (χ4v) is 1.63. The zero-order chi connectivity index (χ0) is 13.0. The molecule has 5 heteroatoms. The molecule has 2 rings (SSSR count). The molecule has 1 N–H and O–H groups in total. The lowest BCUT2D eigenvalue weighted by molar-refractivity contribution is 0.0696. The first kappa shape index (κ1) is 12.3. The number of aromatic nitrogens is 1. The van der Waals surface area contributed by atoms with E-state index >= 15 is 0 Å². The lowest BCUT2D eigenvalue weighted by Gasteiger charge is -2.09. The molecule has 0 amide bonds. The molecule has 0 aliphatic heterocycles. The molecular formula is C13H13NO4. The molecule has 2 aromatic rings. The number of aromatic carboxylic acids is 1. The Morgan fingerprint density at radius 2 is 2.22 bits per heavy atom. The van der Waals surface area contributed by atoms with E-state index in [0.717, 1.165) is 5.39 Å². The molecule has 0 atom stereocenters. The quantitative estimate of drug-likeness (QED) is 0.818. The summed E-state index contributed by atoms with van der Waals surface area (Å²) in [7, 11) is 1.58. The maximum atomic E-state index is 11.0. The van der Waals surface area contributed by atoms with Crippen molar-refractivity contribution >= 4 is 16.9 Å². The lowest BCUT2D eigenvalue weighted by Crippen LogP contribution is -2.06. The summed E-state index contributed by atoms with van der Waals surface area (Å²) >= 11 is 0. The number of fused-ring (bicyclic) bond motifs is 1. The molecule has 0 aliphatic rings. The molecular weight excluding hydrogens is 234 g/mol. The molecule has 5 nitrogen and oxygen atoms in total. The summed E-state index contributed by atoms with van der Waals surface area (Å²) in [6, 6.07) is 6.62. The molecule has 94 valence electrons. The highest BCUT2D eigenvalue weighted by atomic mass is 16.5. The number of hydrogen-bond donors (Lipinski definition) is 1. The average molecular weight is 247 g/mol. The van der Waals surface area contributed by atoms with Crippen molar-refractivity contribution in [3.8, 4) is 5.75 Å². The first-order valence-electron chi connectivity index (χ1n) is 5.46. The number of carbonyl (C=O) groups is 1. The third kappa shape index (κ3) is 2.57. The van der Waals surface area contributed by atoms with E-state index < -0.39 is 5.97 Å². The SMILES string of the molecule is COCCOc1cc(C(=O)O)cc2cccnc12. The standard InChI is InChI=1S/C13H13NO4/c1-17-5-6-18-11-8-10(13(15)16)7-9-3-2-4-14-12(9)11/h2-4,7-8H,5-6H2,1H3,(H,15,16). The lowest BCUT2D eigenvalue weighted by atomic mass is 10.1. The maximum absolute atomic E-state index is 11.0. The Bertz CT molecular complexity index is 568. The molecule has 0 aliphatic carbocycles. The molecule has 1 heterocycles. The number of benzene rings is 1. The van der Waals surface area contributed by atoms with E-state index in [0.29, 0.717) is 24.5 Å². The van der Waals surface area contributed by atoms with Gasteiger partial charge < -0.3 is 14.6 Å². The summed E-state index contributed by atoms with van der Waals surface area (Å²) in [5.41, 5.74) is 0.835. The summed E-state index contributed by atoms with van der Waals surface area (Å²) in [5.74, 6) is -0.528. The molecule has 0 unspecified atom stereocenters. The number of rotatable bonds is 5. The van der Waals surface area contributed by atoms with Gasteiger partial charge in [0.05, 0.1) is 12.2 Å². The van der Waals surface area contributed by atoms with E-state index in [1.165, 1.54) is 6.07 Å². The second kappa shape index (κ2) is 5.46. The van der Waals surface area contributed by atoms with E-state index in [1.807, 2.05) is 0 Å². The second-order valence-corrected chi connectivity index (χ2v) is 3.70. The van der Waals surface area contributed by atoms with Crippen molar-refractivity contribution in [3.05, 3.63) is 36.0 Å². The van der Waals surface area contributed by atoms with Crippen LogP contribution in [0.5, 0.6) is 5.75 Å². The van der Waals surface area contributed by atoms with Gasteiger partial charge in [0.25, 0.3) is 0 Å². The highest BCUT2D eigenvalue weighted by molar-refractivity contribution is 5.95. The first-order valence-corrected chi connectivity index (χ1v) is 5.46. The molecule has 0 radical (unpaired) electrons. The van der Waals surface area contributed by atoms with Gasteiger partial charge in [0.1, 0.15) is 17.9 Å². The van der Waals surface area contributed by atoms with Crippen molar-refractivity contribution in [3.63, 3.8) is 0 Å². The van der Waals surface area contributed by atoms with Gasteiger partial charge in [-0.1, -0.05) is 6.07 Å². The minimum atomic E-state index is -0.989. The van der Waals surface area contributed by atoms with Crippen LogP contribution in [0, 0.1) is 0 Å². The average Bonchev–Trinajstić information content (AvgIpc) is 2.38. The minimum Gasteiger partial charge on any atom is -0.489 e. The number of nitrogens with zero attached hydrogens (tertiary/aromatic N) is 1. The summed E-state index contributed by atoms with van der Waals surface area (Å²) in [4.78, 5) is 15.2. The normalized spacial score (nSPS) is 10.5. The van der Waals surface area contributed by atoms with Gasteiger partial charge in [-0.15, -0.1) is 0 Å². The third-order valence-corrected chi connectivity index (χ3v) is 2.46. The Balaban J connectivity index is 2.43. The third-order valence-electron chi connectivity index (χ3n) is 2.46. The van der Waals surface area contributed by atoms with Gasteiger partial charge in [-0.2, -0.15) is 0 Å². The smallest absolute Gasteiger partial charge is 0.335 e. The maximum Gasteiger partial charge on any atom is 0.335 e. The summed E-state index contributed by atoms with van der Waals surface area (Å²) in [6.45, 7) is 0.789. The van der Waals surface area contributed by atoms with Crippen molar-refractivity contribution in [2.75, 3.05) is 20.3 Å². The highest BCUT2D eigenvalue weighted by Crippen LogP contribution is 2.25. The van der Waals surface area contributed by atoms with Crippen LogP contribution < -0.4 is 4.74 Å². The van der Waals surface area contributed by atoms with E-state index in [2.05, 4.69) is 4.98 Å². The van der Waals surface area contributed by atoms with Crippen molar-refractivity contribution in [1.29, 1.82) is 0 Å². The molecule has 1 aromatic heterocycles. The molecule has 0 saturated carbocycles. The second-order valence-electron chi connectivity index (χ2n) is 3.70. The van der Waals surface area contributed by atoms with Gasteiger partial charge >= 0.3 is 5.97 Å². The number of methoxy groups -OCH3 is 1. The van der Waals surface area contributed by atoms with Crippen LogP contribution in [-0.4, -0.2) is 36.4 Å². The molecule has 18 heavy (non-hydrogen) atoms. The Hall–Kier alpha value is -2.14. The van der Waals surface area contributed by atoms with Gasteiger partial charge in [-0.25, -0.2) is 4.79 Å². The van der Waals surface area contributed by atoms with Crippen LogP contribution in [0.2, 0.25) is 0 Å². The van der Waals surface area contributed by atoms with Gasteiger partial charge in [-0.3, -0.25) is 4.98 Å². The Morgan fingerprint density at radius 3 is 2.94 bits per heavy atom. The number of hydrogen-bond acceptors (Lipinski definition) is 4. The number of pyridine rings is 1. The van der Waals surface area contributed by atoms with Crippen LogP contribution >= 0.6 is 0 Å². The van der Waals surface area contributed by atoms with Crippen LogP contribution in [-0.2, 0) is 4.74 Å². The van der Waals surface area contributed by atoms with E-state index in [1.54, 1.807) is 31.5 Å². The number of ether oxygens (including phenoxy) is 2. The van der Waals surface area contributed by atoms with Crippen molar-refractivity contribution in [2.24, 2.45) is 0 Å². The van der Waals surface area contributed by atoms with Crippen molar-refractivity contribution < 1.29 is 19.4 Å². The van der Waals surface area contributed by atoms with Crippen molar-refractivity contribution in [1.82, 2.24) is 4.98 Å². The molecule has 0 bridgehead atoms. The summed E-state index contributed by atoms with van der Waals surface area (Å²) < 4.78 is 10.4. The van der Waals surface area contributed by atoms with Crippen LogP contribution in [0.15, 0.2) is 30.5 Å². The topological polar surface area (TPSA) is 68.7 Å². The largest absolute Gasteiger partial charge is 0.489 e. The number of carboxylic acid groups (broad SMARTS) is 1. The zero-order valence-electron chi connectivity index (χ0n) is 9.92. The molecule has 0 spiro atoms. The van der Waals surface area contributed by atoms with Gasteiger partial charge in [0.2, 0.25) is 0 Å². The Morgan fingerprint density at radius 1 is 1.39 bits per heavy atom. The van der Waals surface area contributed by atoms with Gasteiger partial charge in [0.15, 0.2) is 0 Å². The molecule has 0 fully saturated rings. The fourth-order valence-electron chi connectivity index (χ4n) is 1.63. The van der Waals surface area contributed by atoms with E-state index in [4.69, 9.17) is 14.6 Å². The van der Waals surface area contributed by atoms with Crippen molar-refractivity contribution in [2.45, 2.75) is 0 Å². The predicted molar refractivity (Wildman–Crippen MR) is 66.1 cm³/mol. The first-order chi connectivity index (χ1) is 8.72. The monoisotopic (exact) mass is 247 g/mol. The van der Waals surface area contributed by atoms with Crippen LogP contribution in [0.1, 0.15) is 10.4 Å². The van der Waals surface area contributed by atoms with Crippen LogP contribution in [0.3, 0.4) is 0 Å². The highest BCUT2D eigenvalue weighted by Gasteiger charge is 2.10. The molecule has 0 saturated heterocycles. The van der Waals surface area contributed by atoms with Crippen LogP contribution in [0.4, 0.5) is 0 Å². The van der Waals surface area contributed by atoms with Crippen LogP contribution in [0.25, 0.3) is 10.9 Å². The number of carboxylic acids is 1. The van der Waals surface area contributed by atoms with Gasteiger partial charge in [0, 0.05) is 18.7 Å². The predicted octanol–water partition coefficient (Wildman–Crippen LogP) is 1.96. The van der Waals surface area contributed by atoms with E-state index in [-0.39, 0.29) is 5.56 Å².